The van der Waals surface area contributed by atoms with Gasteiger partial charge in [-0.2, -0.15) is 10.4 Å². The van der Waals surface area contributed by atoms with E-state index in [4.69, 9.17) is 5.26 Å². The fourth-order valence-corrected chi connectivity index (χ4v) is 2.08. The zero-order chi connectivity index (χ0) is 14.0. The number of nitrogens with zero attached hydrogens (tertiary/aromatic N) is 4. The molecule has 98 valence electrons. The zero-order valence-electron chi connectivity index (χ0n) is 11.7. The van der Waals surface area contributed by atoms with Crippen molar-refractivity contribution >= 4 is 5.82 Å². The predicted molar refractivity (Wildman–Crippen MR) is 73.7 cm³/mol. The monoisotopic (exact) mass is 255 g/mol. The van der Waals surface area contributed by atoms with Gasteiger partial charge in [0.05, 0.1) is 11.3 Å². The maximum absolute atomic E-state index is 9.16. The molecule has 0 fully saturated rings. The van der Waals surface area contributed by atoms with Crippen molar-refractivity contribution in [2.45, 2.75) is 27.3 Å². The molecule has 2 aromatic rings. The second-order valence-corrected chi connectivity index (χ2v) is 4.59. The summed E-state index contributed by atoms with van der Waals surface area (Å²) in [4.78, 5) is 4.23. The molecule has 2 aromatic heterocycles. The first-order chi connectivity index (χ1) is 9.04. The number of pyridine rings is 1. The third-order valence-electron chi connectivity index (χ3n) is 3.36. The highest BCUT2D eigenvalue weighted by Crippen LogP contribution is 2.18. The minimum atomic E-state index is 0.599. The van der Waals surface area contributed by atoms with Crippen molar-refractivity contribution in [1.82, 2.24) is 14.8 Å². The average Bonchev–Trinajstić information content (AvgIpc) is 2.61. The maximum Gasteiger partial charge on any atom is 0.144 e. The quantitative estimate of drug-likeness (QED) is 0.913. The van der Waals surface area contributed by atoms with Gasteiger partial charge in [-0.15, -0.1) is 0 Å². The molecule has 0 aliphatic rings. The second-order valence-electron chi connectivity index (χ2n) is 4.59. The van der Waals surface area contributed by atoms with Crippen LogP contribution in [0.4, 0.5) is 5.82 Å². The van der Waals surface area contributed by atoms with E-state index in [2.05, 4.69) is 21.5 Å². The van der Waals surface area contributed by atoms with E-state index in [1.807, 2.05) is 38.6 Å². The average molecular weight is 255 g/mol. The van der Waals surface area contributed by atoms with Crippen LogP contribution in [0.15, 0.2) is 12.3 Å². The molecular formula is C14H17N5. The van der Waals surface area contributed by atoms with Gasteiger partial charge in [-0.25, -0.2) is 4.98 Å². The summed E-state index contributed by atoms with van der Waals surface area (Å²) in [5.41, 5.74) is 4.80. The highest BCUT2D eigenvalue weighted by atomic mass is 15.3. The second kappa shape index (κ2) is 5.11. The molecule has 0 saturated heterocycles. The van der Waals surface area contributed by atoms with Crippen LogP contribution in [0.1, 0.15) is 28.1 Å². The SMILES string of the molecule is Cc1ccnc(NCc2c(C)nn(C)c2C)c1C#N. The van der Waals surface area contributed by atoms with Crippen LogP contribution in [-0.2, 0) is 13.6 Å². The van der Waals surface area contributed by atoms with Crippen molar-refractivity contribution in [2.75, 3.05) is 5.32 Å². The molecule has 0 unspecified atom stereocenters. The zero-order valence-corrected chi connectivity index (χ0v) is 11.7. The highest BCUT2D eigenvalue weighted by Gasteiger charge is 2.11. The summed E-state index contributed by atoms with van der Waals surface area (Å²) in [5.74, 6) is 0.630. The maximum atomic E-state index is 9.16. The molecule has 0 saturated carbocycles. The van der Waals surface area contributed by atoms with Gasteiger partial charge in [0.25, 0.3) is 0 Å². The molecule has 2 heterocycles. The predicted octanol–water partition coefficient (Wildman–Crippen LogP) is 2.22. The van der Waals surface area contributed by atoms with Gasteiger partial charge in [0.1, 0.15) is 11.9 Å². The van der Waals surface area contributed by atoms with Gasteiger partial charge in [0.2, 0.25) is 0 Å². The van der Waals surface area contributed by atoms with E-state index in [0.717, 1.165) is 22.5 Å². The highest BCUT2D eigenvalue weighted by molar-refractivity contribution is 5.55. The van der Waals surface area contributed by atoms with Crippen LogP contribution in [0.3, 0.4) is 0 Å². The summed E-state index contributed by atoms with van der Waals surface area (Å²) in [6.45, 7) is 6.55. The lowest BCUT2D eigenvalue weighted by atomic mass is 10.1. The smallest absolute Gasteiger partial charge is 0.144 e. The van der Waals surface area contributed by atoms with Gasteiger partial charge in [-0.3, -0.25) is 4.68 Å². The topological polar surface area (TPSA) is 66.5 Å². The Labute approximate surface area is 112 Å². The number of rotatable bonds is 3. The number of anilines is 1. The van der Waals surface area contributed by atoms with E-state index in [1.54, 1.807) is 6.20 Å². The Kier molecular flexibility index (Phi) is 3.52. The Balaban J connectivity index is 2.25. The number of nitriles is 1. The summed E-state index contributed by atoms with van der Waals surface area (Å²) in [6, 6.07) is 4.03. The Hall–Kier alpha value is -2.35. The number of nitrogens with one attached hydrogen (secondary N) is 1. The molecule has 0 bridgehead atoms. The van der Waals surface area contributed by atoms with Crippen molar-refractivity contribution in [2.24, 2.45) is 7.05 Å². The summed E-state index contributed by atoms with van der Waals surface area (Å²) in [6.07, 6.45) is 1.71. The summed E-state index contributed by atoms with van der Waals surface area (Å²) < 4.78 is 1.86. The summed E-state index contributed by atoms with van der Waals surface area (Å²) in [5, 5.41) is 16.8. The molecule has 19 heavy (non-hydrogen) atoms. The lowest BCUT2D eigenvalue weighted by molar-refractivity contribution is 0.730. The van der Waals surface area contributed by atoms with Gasteiger partial charge < -0.3 is 5.32 Å². The third kappa shape index (κ3) is 2.43. The van der Waals surface area contributed by atoms with Crippen LogP contribution in [-0.4, -0.2) is 14.8 Å². The molecule has 0 radical (unpaired) electrons. The summed E-state index contributed by atoms with van der Waals surface area (Å²) in [7, 11) is 1.93. The van der Waals surface area contributed by atoms with Crippen LogP contribution < -0.4 is 5.32 Å². The normalized spacial score (nSPS) is 10.3. The standard InChI is InChI=1S/C14H17N5/c1-9-5-6-16-14(12(9)7-15)17-8-13-10(2)18-19(4)11(13)3/h5-6H,8H2,1-4H3,(H,16,17). The summed E-state index contributed by atoms with van der Waals surface area (Å²) >= 11 is 0. The molecule has 0 aromatic carbocycles. The van der Waals surface area contributed by atoms with Crippen LogP contribution >= 0.6 is 0 Å². The molecule has 5 heteroatoms. The van der Waals surface area contributed by atoms with E-state index in [-0.39, 0.29) is 0 Å². The Bertz CT molecular complexity index is 649. The minimum absolute atomic E-state index is 0.599. The lowest BCUT2D eigenvalue weighted by Crippen LogP contribution is -2.06. The fourth-order valence-electron chi connectivity index (χ4n) is 2.08. The van der Waals surface area contributed by atoms with Gasteiger partial charge in [0.15, 0.2) is 0 Å². The van der Waals surface area contributed by atoms with Crippen LogP contribution in [0, 0.1) is 32.1 Å². The van der Waals surface area contributed by atoms with E-state index in [0.29, 0.717) is 17.9 Å². The van der Waals surface area contributed by atoms with Gasteiger partial charge in [-0.05, 0) is 32.4 Å². The molecule has 0 aliphatic heterocycles. The largest absolute Gasteiger partial charge is 0.365 e. The molecule has 5 nitrogen and oxygen atoms in total. The lowest BCUT2D eigenvalue weighted by Gasteiger charge is -2.09. The van der Waals surface area contributed by atoms with E-state index in [1.165, 1.54) is 0 Å². The van der Waals surface area contributed by atoms with Gasteiger partial charge >= 0.3 is 0 Å². The third-order valence-corrected chi connectivity index (χ3v) is 3.36. The first kappa shape index (κ1) is 13.1. The first-order valence-electron chi connectivity index (χ1n) is 6.13. The number of aromatic nitrogens is 3. The van der Waals surface area contributed by atoms with Crippen molar-refractivity contribution in [3.63, 3.8) is 0 Å². The van der Waals surface area contributed by atoms with Crippen LogP contribution in [0.25, 0.3) is 0 Å². The molecule has 0 aliphatic carbocycles. The number of aryl methyl sites for hydroxylation is 3. The van der Waals surface area contributed by atoms with Crippen LogP contribution in [0.2, 0.25) is 0 Å². The van der Waals surface area contributed by atoms with Crippen molar-refractivity contribution < 1.29 is 0 Å². The van der Waals surface area contributed by atoms with Crippen molar-refractivity contribution in [1.29, 1.82) is 5.26 Å². The van der Waals surface area contributed by atoms with E-state index in [9.17, 15) is 0 Å². The molecular weight excluding hydrogens is 238 g/mol. The van der Waals surface area contributed by atoms with E-state index >= 15 is 0 Å². The van der Waals surface area contributed by atoms with Crippen LogP contribution in [0.5, 0.6) is 0 Å². The Morgan fingerprint density at radius 3 is 2.68 bits per heavy atom. The van der Waals surface area contributed by atoms with Gasteiger partial charge in [0, 0.05) is 31.0 Å². The molecule has 0 atom stereocenters. The molecule has 0 spiro atoms. The Morgan fingerprint density at radius 1 is 1.37 bits per heavy atom. The van der Waals surface area contributed by atoms with Crippen molar-refractivity contribution in [3.8, 4) is 6.07 Å². The fraction of sp³-hybridized carbons (Fsp3) is 0.357. The van der Waals surface area contributed by atoms with Crippen molar-refractivity contribution in [3.05, 3.63) is 40.3 Å². The molecule has 1 N–H and O–H groups in total. The number of hydrogen-bond donors (Lipinski definition) is 1. The minimum Gasteiger partial charge on any atom is -0.365 e. The molecule has 0 amide bonds. The number of hydrogen-bond acceptors (Lipinski definition) is 4. The van der Waals surface area contributed by atoms with Gasteiger partial charge in [-0.1, -0.05) is 0 Å². The van der Waals surface area contributed by atoms with E-state index < -0.39 is 0 Å². The molecule has 2 rings (SSSR count). The first-order valence-corrected chi connectivity index (χ1v) is 6.13. The Morgan fingerprint density at radius 2 is 2.11 bits per heavy atom.